The smallest absolute Gasteiger partial charge is 0.282 e. The third-order valence-corrected chi connectivity index (χ3v) is 5.65. The van der Waals surface area contributed by atoms with Gasteiger partial charge in [-0.2, -0.15) is 0 Å². The van der Waals surface area contributed by atoms with Gasteiger partial charge in [-0.25, -0.2) is 0 Å². The Morgan fingerprint density at radius 2 is 1.85 bits per heavy atom. The maximum Gasteiger partial charge on any atom is 0.282 e. The molecule has 2 saturated heterocycles. The quantitative estimate of drug-likeness (QED) is 0.462. The highest BCUT2D eigenvalue weighted by atomic mass is 16.8. The van der Waals surface area contributed by atoms with Crippen molar-refractivity contribution in [2.24, 2.45) is 11.7 Å². The van der Waals surface area contributed by atoms with Crippen molar-refractivity contribution in [1.82, 2.24) is 15.5 Å². The summed E-state index contributed by atoms with van der Waals surface area (Å²) >= 11 is 0. The van der Waals surface area contributed by atoms with Crippen molar-refractivity contribution in [1.29, 1.82) is 0 Å². The van der Waals surface area contributed by atoms with Crippen LogP contribution in [-0.2, 0) is 35.1 Å². The van der Waals surface area contributed by atoms with Gasteiger partial charge in [0.15, 0.2) is 0 Å². The highest BCUT2D eigenvalue weighted by Gasteiger charge is 2.55. The van der Waals surface area contributed by atoms with Crippen molar-refractivity contribution < 1.29 is 28.7 Å². The zero-order valence-electron chi connectivity index (χ0n) is 19.2. The zero-order chi connectivity index (χ0) is 24.2. The lowest BCUT2D eigenvalue weighted by molar-refractivity contribution is -0.209. The van der Waals surface area contributed by atoms with E-state index in [9.17, 15) is 19.2 Å². The molecule has 2 fully saturated rings. The number of rotatable bonds is 9. The Hall–Kier alpha value is -2.98. The van der Waals surface area contributed by atoms with Crippen LogP contribution in [-0.4, -0.2) is 72.2 Å². The summed E-state index contributed by atoms with van der Waals surface area (Å²) in [6.07, 6.45) is 0.171. The molecule has 1 aromatic rings. The molecule has 3 rings (SSSR count). The molecule has 2 bridgehead atoms. The van der Waals surface area contributed by atoms with Gasteiger partial charge in [-0.05, 0) is 17.9 Å². The summed E-state index contributed by atoms with van der Waals surface area (Å²) < 4.78 is 11.5. The van der Waals surface area contributed by atoms with E-state index in [1.165, 1.54) is 11.8 Å². The summed E-state index contributed by atoms with van der Waals surface area (Å²) in [6.45, 7) is 5.37. The van der Waals surface area contributed by atoms with Crippen molar-refractivity contribution >= 4 is 23.6 Å². The SMILES string of the molecule is CC(=O)N[C@@H](Cc1ccccc1)C(=O)N1C[C@H]2CO[C@@](C(=O)N[C@@H](CC(C)C)C(N)=O)(C1)O2. The number of nitrogens with zero attached hydrogens (tertiary/aromatic N) is 1. The van der Waals surface area contributed by atoms with Gasteiger partial charge in [0, 0.05) is 19.9 Å². The molecule has 2 aliphatic rings. The maximum atomic E-state index is 13.4. The third kappa shape index (κ3) is 6.08. The number of hydrogen-bond acceptors (Lipinski definition) is 6. The summed E-state index contributed by atoms with van der Waals surface area (Å²) in [7, 11) is 0. The maximum absolute atomic E-state index is 13.4. The highest BCUT2D eigenvalue weighted by molar-refractivity contribution is 5.92. The van der Waals surface area contributed by atoms with Crippen LogP contribution in [0.15, 0.2) is 30.3 Å². The summed E-state index contributed by atoms with van der Waals surface area (Å²) in [4.78, 5) is 51.6. The van der Waals surface area contributed by atoms with Crippen LogP contribution in [0.5, 0.6) is 0 Å². The monoisotopic (exact) mass is 460 g/mol. The van der Waals surface area contributed by atoms with E-state index in [1.807, 2.05) is 44.2 Å². The lowest BCUT2D eigenvalue weighted by Gasteiger charge is -2.39. The number of morpholine rings is 1. The van der Waals surface area contributed by atoms with Crippen molar-refractivity contribution in [3.05, 3.63) is 35.9 Å². The largest absolute Gasteiger partial charge is 0.368 e. The van der Waals surface area contributed by atoms with E-state index < -0.39 is 35.8 Å². The molecule has 0 spiro atoms. The van der Waals surface area contributed by atoms with Gasteiger partial charge >= 0.3 is 0 Å². The first-order valence-electron chi connectivity index (χ1n) is 11.1. The van der Waals surface area contributed by atoms with E-state index in [2.05, 4.69) is 10.6 Å². The van der Waals surface area contributed by atoms with Crippen LogP contribution in [0, 0.1) is 5.92 Å². The Morgan fingerprint density at radius 1 is 1.15 bits per heavy atom. The first kappa shape index (κ1) is 24.7. The van der Waals surface area contributed by atoms with Crippen molar-refractivity contribution in [3.8, 4) is 0 Å². The van der Waals surface area contributed by atoms with Crippen molar-refractivity contribution in [2.45, 2.75) is 57.6 Å². The average molecular weight is 461 g/mol. The molecule has 33 heavy (non-hydrogen) atoms. The second-order valence-corrected chi connectivity index (χ2v) is 9.02. The van der Waals surface area contributed by atoms with Gasteiger partial charge in [0.25, 0.3) is 11.7 Å². The second kappa shape index (κ2) is 10.3. The van der Waals surface area contributed by atoms with Crippen molar-refractivity contribution in [2.75, 3.05) is 19.7 Å². The van der Waals surface area contributed by atoms with Crippen LogP contribution in [0.4, 0.5) is 0 Å². The van der Waals surface area contributed by atoms with Gasteiger partial charge in [0.1, 0.15) is 18.2 Å². The Balaban J connectivity index is 1.76. The number of carbonyl (C=O) groups is 4. The molecule has 4 amide bonds. The molecular weight excluding hydrogens is 428 g/mol. The van der Waals surface area contributed by atoms with Crippen LogP contribution in [0.2, 0.25) is 0 Å². The summed E-state index contributed by atoms with van der Waals surface area (Å²) in [5.74, 6) is -3.57. The van der Waals surface area contributed by atoms with Crippen LogP contribution >= 0.6 is 0 Å². The first-order valence-corrected chi connectivity index (χ1v) is 11.1. The fourth-order valence-corrected chi connectivity index (χ4v) is 4.16. The normalized spacial score (nSPS) is 23.6. The minimum absolute atomic E-state index is 0.124. The number of nitrogens with two attached hydrogens (primary N) is 1. The molecule has 0 aromatic heterocycles. The van der Waals surface area contributed by atoms with Gasteiger partial charge in [0.05, 0.1) is 13.2 Å². The summed E-state index contributed by atoms with van der Waals surface area (Å²) in [6, 6.07) is 7.66. The van der Waals surface area contributed by atoms with Gasteiger partial charge in [-0.15, -0.1) is 0 Å². The Kier molecular flexibility index (Phi) is 7.70. The lowest BCUT2D eigenvalue weighted by Crippen LogP contribution is -2.64. The molecule has 1 aromatic carbocycles. The van der Waals surface area contributed by atoms with Gasteiger partial charge in [-0.3, -0.25) is 19.2 Å². The molecule has 10 heteroatoms. The Morgan fingerprint density at radius 3 is 2.45 bits per heavy atom. The van der Waals surface area contributed by atoms with Gasteiger partial charge in [-0.1, -0.05) is 44.2 Å². The van der Waals surface area contributed by atoms with Crippen LogP contribution in [0.1, 0.15) is 32.8 Å². The standard InChI is InChI=1S/C23H32N4O6/c1-14(2)9-18(20(24)29)26-22(31)23-13-27(11-17(33-23)12-32-23)21(30)19(25-15(3)28)10-16-7-5-4-6-8-16/h4-8,14,17-19H,9-13H2,1-3H3,(H2,24,29)(H,25,28)(H,26,31)/t17-,18-,19-,23-/m0/s1. The molecule has 180 valence electrons. The molecule has 4 N–H and O–H groups in total. The fraction of sp³-hybridized carbons (Fsp3) is 0.565. The zero-order valence-corrected chi connectivity index (χ0v) is 19.2. The van der Waals surface area contributed by atoms with E-state index in [0.717, 1.165) is 5.56 Å². The third-order valence-electron chi connectivity index (χ3n) is 5.65. The second-order valence-electron chi connectivity index (χ2n) is 9.02. The molecule has 2 aliphatic heterocycles. The Labute approximate surface area is 193 Å². The van der Waals surface area contributed by atoms with E-state index in [0.29, 0.717) is 12.8 Å². The lowest BCUT2D eigenvalue weighted by atomic mass is 10.0. The van der Waals surface area contributed by atoms with Gasteiger partial charge in [0.2, 0.25) is 17.7 Å². The van der Waals surface area contributed by atoms with Crippen LogP contribution in [0.3, 0.4) is 0 Å². The number of benzene rings is 1. The minimum atomic E-state index is -1.73. The molecule has 4 atom stereocenters. The fourth-order valence-electron chi connectivity index (χ4n) is 4.16. The van der Waals surface area contributed by atoms with Gasteiger partial charge < -0.3 is 30.7 Å². The molecule has 0 radical (unpaired) electrons. The molecule has 10 nitrogen and oxygen atoms in total. The van der Waals surface area contributed by atoms with Crippen LogP contribution in [0.25, 0.3) is 0 Å². The van der Waals surface area contributed by atoms with E-state index in [4.69, 9.17) is 15.2 Å². The number of fused-ring (bicyclic) bond motifs is 2. The topological polar surface area (TPSA) is 140 Å². The molecule has 0 saturated carbocycles. The number of carbonyl (C=O) groups excluding carboxylic acids is 4. The first-order chi connectivity index (χ1) is 15.6. The number of amides is 4. The molecule has 0 unspecified atom stereocenters. The summed E-state index contributed by atoms with van der Waals surface area (Å²) in [5.41, 5.74) is 6.34. The number of nitrogens with one attached hydrogen (secondary N) is 2. The predicted molar refractivity (Wildman–Crippen MR) is 118 cm³/mol. The minimum Gasteiger partial charge on any atom is -0.368 e. The summed E-state index contributed by atoms with van der Waals surface area (Å²) in [5, 5.41) is 5.34. The molecule has 0 aliphatic carbocycles. The van der Waals surface area contributed by atoms with Crippen LogP contribution < -0.4 is 16.4 Å². The number of primary amides is 1. The van der Waals surface area contributed by atoms with Crippen molar-refractivity contribution in [3.63, 3.8) is 0 Å². The van der Waals surface area contributed by atoms with E-state index in [1.54, 1.807) is 0 Å². The average Bonchev–Trinajstić information content (AvgIpc) is 3.07. The number of ether oxygens (including phenoxy) is 2. The predicted octanol–water partition coefficient (Wildman–Crippen LogP) is -0.296. The Bertz CT molecular complexity index is 892. The number of hydrogen-bond donors (Lipinski definition) is 3. The highest BCUT2D eigenvalue weighted by Crippen LogP contribution is 2.31. The molecule has 2 heterocycles. The van der Waals surface area contributed by atoms with E-state index in [-0.39, 0.29) is 37.4 Å². The van der Waals surface area contributed by atoms with E-state index >= 15 is 0 Å². The molecular formula is C23H32N4O6.